The molecule has 1 aliphatic rings. The van der Waals surface area contributed by atoms with E-state index in [1.807, 2.05) is 41.3 Å². The number of hydrogen-bond acceptors (Lipinski definition) is 4. The Bertz CT molecular complexity index is 1090. The molecule has 32 heavy (non-hydrogen) atoms. The first kappa shape index (κ1) is 22.2. The molecule has 166 valence electrons. The first-order valence-corrected chi connectivity index (χ1v) is 11.5. The van der Waals surface area contributed by atoms with E-state index in [9.17, 15) is 14.0 Å². The van der Waals surface area contributed by atoms with Crippen molar-refractivity contribution >= 4 is 23.2 Å². The second-order valence-corrected chi connectivity index (χ2v) is 9.12. The molecule has 1 saturated heterocycles. The van der Waals surface area contributed by atoms with Gasteiger partial charge in [-0.15, -0.1) is 11.3 Å². The minimum absolute atomic E-state index is 0.0419. The lowest BCUT2D eigenvalue weighted by Crippen LogP contribution is -2.48. The van der Waals surface area contributed by atoms with Crippen molar-refractivity contribution in [3.63, 3.8) is 0 Å². The lowest BCUT2D eigenvalue weighted by molar-refractivity contribution is -0.119. The Labute approximate surface area is 191 Å². The zero-order valence-electron chi connectivity index (χ0n) is 18.0. The summed E-state index contributed by atoms with van der Waals surface area (Å²) in [7, 11) is 0. The van der Waals surface area contributed by atoms with Crippen LogP contribution in [0.1, 0.15) is 27.7 Å². The second kappa shape index (κ2) is 10.1. The van der Waals surface area contributed by atoms with Gasteiger partial charge >= 0.3 is 0 Å². The molecular formula is C25H26FN3O2S. The van der Waals surface area contributed by atoms with Crippen molar-refractivity contribution in [2.24, 2.45) is 0 Å². The Morgan fingerprint density at radius 2 is 1.75 bits per heavy atom. The normalized spacial score (nSPS) is 14.4. The summed E-state index contributed by atoms with van der Waals surface area (Å²) < 4.78 is 13.5. The molecule has 4 rings (SSSR count). The molecule has 0 spiro atoms. The van der Waals surface area contributed by atoms with Crippen LogP contribution in [-0.2, 0) is 17.9 Å². The van der Waals surface area contributed by atoms with Crippen LogP contribution in [0.2, 0.25) is 0 Å². The van der Waals surface area contributed by atoms with E-state index < -0.39 is 0 Å². The molecule has 0 radical (unpaired) electrons. The molecule has 1 fully saturated rings. The maximum atomic E-state index is 13.5. The van der Waals surface area contributed by atoms with Gasteiger partial charge in [0.15, 0.2) is 0 Å². The quantitative estimate of drug-likeness (QED) is 0.613. The molecule has 1 aromatic heterocycles. The summed E-state index contributed by atoms with van der Waals surface area (Å²) in [5, 5.41) is 2.76. The van der Waals surface area contributed by atoms with Crippen LogP contribution in [0, 0.1) is 5.82 Å². The Kier molecular flexibility index (Phi) is 6.97. The van der Waals surface area contributed by atoms with E-state index in [0.717, 1.165) is 35.6 Å². The molecule has 0 unspecified atom stereocenters. The van der Waals surface area contributed by atoms with Crippen LogP contribution < -0.4 is 5.32 Å². The summed E-state index contributed by atoms with van der Waals surface area (Å²) in [4.78, 5) is 30.4. The maximum absolute atomic E-state index is 13.5. The van der Waals surface area contributed by atoms with Crippen molar-refractivity contribution in [1.29, 1.82) is 0 Å². The molecule has 5 nitrogen and oxygen atoms in total. The van der Waals surface area contributed by atoms with Crippen LogP contribution in [-0.4, -0.2) is 47.8 Å². The number of hydrogen-bond donors (Lipinski definition) is 1. The van der Waals surface area contributed by atoms with E-state index in [1.54, 1.807) is 23.5 Å². The summed E-state index contributed by atoms with van der Waals surface area (Å²) in [6.45, 7) is 5.80. The van der Waals surface area contributed by atoms with Gasteiger partial charge in [0, 0.05) is 61.5 Å². The maximum Gasteiger partial charge on any atom is 0.253 e. The van der Waals surface area contributed by atoms with Gasteiger partial charge in [0.1, 0.15) is 5.82 Å². The Morgan fingerprint density at radius 3 is 2.44 bits per heavy atom. The Balaban J connectivity index is 1.29. The van der Waals surface area contributed by atoms with Crippen molar-refractivity contribution < 1.29 is 14.0 Å². The van der Waals surface area contributed by atoms with Crippen molar-refractivity contribution in [2.75, 3.05) is 26.2 Å². The van der Waals surface area contributed by atoms with Gasteiger partial charge in [-0.25, -0.2) is 4.39 Å². The highest BCUT2D eigenvalue weighted by molar-refractivity contribution is 7.15. The molecule has 0 atom stereocenters. The summed E-state index contributed by atoms with van der Waals surface area (Å²) >= 11 is 1.68. The number of carbonyl (C=O) groups excluding carboxylic acids is 2. The number of halogens is 1. The van der Waals surface area contributed by atoms with Gasteiger partial charge in [-0.3, -0.25) is 14.5 Å². The standard InChI is InChI=1S/C25H26FN3O2S/c1-18(30)27-16-19-5-7-20(8-6-19)25(31)29-13-11-28(12-14-29)17-23-9-10-24(32-23)21-3-2-4-22(26)15-21/h2-10,15H,11-14,16-17H2,1H3,(H,27,30). The van der Waals surface area contributed by atoms with Crippen molar-refractivity contribution in [2.45, 2.75) is 20.0 Å². The number of nitrogens with one attached hydrogen (secondary N) is 1. The fraction of sp³-hybridized carbons (Fsp3) is 0.280. The number of benzene rings is 2. The summed E-state index contributed by atoms with van der Waals surface area (Å²) in [5.74, 6) is -0.253. The zero-order chi connectivity index (χ0) is 22.5. The summed E-state index contributed by atoms with van der Waals surface area (Å²) in [6.07, 6.45) is 0. The molecule has 0 saturated carbocycles. The van der Waals surface area contributed by atoms with Crippen LogP contribution >= 0.6 is 11.3 Å². The number of nitrogens with zero attached hydrogens (tertiary/aromatic N) is 2. The zero-order valence-corrected chi connectivity index (χ0v) is 18.8. The number of amides is 2. The summed E-state index contributed by atoms with van der Waals surface area (Å²) in [5.41, 5.74) is 2.54. The van der Waals surface area contributed by atoms with Crippen molar-refractivity contribution in [3.05, 3.63) is 82.5 Å². The third kappa shape index (κ3) is 5.60. The van der Waals surface area contributed by atoms with Crippen molar-refractivity contribution in [3.8, 4) is 10.4 Å². The van der Waals surface area contributed by atoms with E-state index in [0.29, 0.717) is 25.2 Å². The first-order chi connectivity index (χ1) is 15.5. The second-order valence-electron chi connectivity index (χ2n) is 7.95. The summed E-state index contributed by atoms with van der Waals surface area (Å²) in [6, 6.07) is 18.2. The molecule has 2 aromatic carbocycles. The molecule has 0 aliphatic carbocycles. The number of rotatable bonds is 6. The fourth-order valence-electron chi connectivity index (χ4n) is 3.76. The van der Waals surface area contributed by atoms with Gasteiger partial charge in [-0.2, -0.15) is 0 Å². The molecule has 2 heterocycles. The highest BCUT2D eigenvalue weighted by Gasteiger charge is 2.22. The fourth-order valence-corrected chi connectivity index (χ4v) is 4.81. The topological polar surface area (TPSA) is 52.7 Å². The minimum Gasteiger partial charge on any atom is -0.352 e. The average Bonchev–Trinajstić information content (AvgIpc) is 3.27. The molecule has 1 N–H and O–H groups in total. The molecule has 3 aromatic rings. The van der Waals surface area contributed by atoms with E-state index in [-0.39, 0.29) is 17.6 Å². The molecule has 1 aliphatic heterocycles. The number of thiophene rings is 1. The third-order valence-electron chi connectivity index (χ3n) is 5.55. The Hall–Kier alpha value is -3.03. The monoisotopic (exact) mass is 451 g/mol. The van der Waals surface area contributed by atoms with Crippen LogP contribution in [0.4, 0.5) is 4.39 Å². The molecular weight excluding hydrogens is 425 g/mol. The van der Waals surface area contributed by atoms with E-state index in [4.69, 9.17) is 0 Å². The first-order valence-electron chi connectivity index (χ1n) is 10.7. The lowest BCUT2D eigenvalue weighted by Gasteiger charge is -2.34. The van der Waals surface area contributed by atoms with Gasteiger partial charge in [0.25, 0.3) is 5.91 Å². The van der Waals surface area contributed by atoms with Crippen LogP contribution in [0.25, 0.3) is 10.4 Å². The van der Waals surface area contributed by atoms with Crippen LogP contribution in [0.3, 0.4) is 0 Å². The lowest BCUT2D eigenvalue weighted by atomic mass is 10.1. The molecule has 7 heteroatoms. The van der Waals surface area contributed by atoms with Gasteiger partial charge in [0.2, 0.25) is 5.91 Å². The number of carbonyl (C=O) groups is 2. The molecule has 0 bridgehead atoms. The minimum atomic E-state index is -0.222. The van der Waals surface area contributed by atoms with Crippen LogP contribution in [0.15, 0.2) is 60.7 Å². The third-order valence-corrected chi connectivity index (χ3v) is 6.67. The predicted molar refractivity (Wildman–Crippen MR) is 125 cm³/mol. The van der Waals surface area contributed by atoms with Crippen molar-refractivity contribution in [1.82, 2.24) is 15.1 Å². The predicted octanol–water partition coefficient (Wildman–Crippen LogP) is 4.15. The highest BCUT2D eigenvalue weighted by atomic mass is 32.1. The van der Waals surface area contributed by atoms with Gasteiger partial charge in [-0.1, -0.05) is 24.3 Å². The number of piperazine rings is 1. The largest absolute Gasteiger partial charge is 0.352 e. The van der Waals surface area contributed by atoms with E-state index in [1.165, 1.54) is 17.9 Å². The smallest absolute Gasteiger partial charge is 0.253 e. The van der Waals surface area contributed by atoms with E-state index in [2.05, 4.69) is 16.3 Å². The highest BCUT2D eigenvalue weighted by Crippen LogP contribution is 2.29. The van der Waals surface area contributed by atoms with Gasteiger partial charge in [-0.05, 0) is 47.5 Å². The molecule has 2 amide bonds. The average molecular weight is 452 g/mol. The van der Waals surface area contributed by atoms with Gasteiger partial charge in [0.05, 0.1) is 0 Å². The Morgan fingerprint density at radius 1 is 1.00 bits per heavy atom. The van der Waals surface area contributed by atoms with Crippen LogP contribution in [0.5, 0.6) is 0 Å². The SMILES string of the molecule is CC(=O)NCc1ccc(C(=O)N2CCN(Cc3ccc(-c4cccc(F)c4)s3)CC2)cc1. The van der Waals surface area contributed by atoms with Gasteiger partial charge < -0.3 is 10.2 Å². The van der Waals surface area contributed by atoms with E-state index >= 15 is 0 Å².